The van der Waals surface area contributed by atoms with Crippen LogP contribution in [0.2, 0.25) is 0 Å². The summed E-state index contributed by atoms with van der Waals surface area (Å²) in [7, 11) is 4.22. The topological polar surface area (TPSA) is 52.7 Å². The second-order valence-corrected chi connectivity index (χ2v) is 5.51. The third kappa shape index (κ3) is 9.53. The molecule has 0 amide bonds. The highest BCUT2D eigenvalue weighted by atomic mass is 16.3. The molecule has 0 rings (SSSR count). The van der Waals surface area contributed by atoms with Gasteiger partial charge in [-0.3, -0.25) is 0 Å². The van der Waals surface area contributed by atoms with Gasteiger partial charge in [-0.15, -0.1) is 0 Å². The number of nitrogens with two attached hydrogens (primary N) is 1. The van der Waals surface area contributed by atoms with Gasteiger partial charge in [-0.05, 0) is 66.5 Å². The van der Waals surface area contributed by atoms with Crippen LogP contribution >= 0.6 is 0 Å². The lowest BCUT2D eigenvalue weighted by Crippen LogP contribution is -2.41. The van der Waals surface area contributed by atoms with E-state index >= 15 is 0 Å². The summed E-state index contributed by atoms with van der Waals surface area (Å²) >= 11 is 0. The molecule has 4 nitrogen and oxygen atoms in total. The van der Waals surface area contributed by atoms with Gasteiger partial charge in [0.05, 0.1) is 6.61 Å². The number of aliphatic hydroxyl groups excluding tert-OH is 1. The van der Waals surface area contributed by atoms with Crippen LogP contribution < -0.4 is 5.73 Å². The molecule has 3 N–H and O–H groups in total. The van der Waals surface area contributed by atoms with Crippen LogP contribution in [0, 0.1) is 0 Å². The van der Waals surface area contributed by atoms with Crippen LogP contribution in [0.4, 0.5) is 0 Å². The number of nitrogens with zero attached hydrogens (tertiary/aromatic N) is 2. The Morgan fingerprint density at radius 3 is 2.18 bits per heavy atom. The van der Waals surface area contributed by atoms with E-state index in [9.17, 15) is 0 Å². The molecule has 0 aliphatic carbocycles. The highest BCUT2D eigenvalue weighted by Gasteiger charge is 2.16. The van der Waals surface area contributed by atoms with E-state index in [1.54, 1.807) is 0 Å². The third-order valence-electron chi connectivity index (χ3n) is 3.11. The highest BCUT2D eigenvalue weighted by Crippen LogP contribution is 2.08. The molecule has 0 aliphatic heterocycles. The van der Waals surface area contributed by atoms with Gasteiger partial charge < -0.3 is 20.6 Å². The van der Waals surface area contributed by atoms with Crippen molar-refractivity contribution in [1.82, 2.24) is 9.80 Å². The smallest absolute Gasteiger partial charge is 0.0608 e. The molecule has 1 unspecified atom stereocenters. The molecule has 0 fully saturated rings. The maximum absolute atomic E-state index is 9.07. The molecule has 104 valence electrons. The second-order valence-electron chi connectivity index (χ2n) is 5.51. The average molecular weight is 245 g/mol. The number of aliphatic hydroxyl groups is 1. The van der Waals surface area contributed by atoms with Gasteiger partial charge in [0, 0.05) is 5.54 Å². The van der Waals surface area contributed by atoms with Gasteiger partial charge in [0.1, 0.15) is 0 Å². The molecule has 0 aromatic carbocycles. The van der Waals surface area contributed by atoms with Gasteiger partial charge in [0.2, 0.25) is 0 Å². The van der Waals surface area contributed by atoms with Crippen molar-refractivity contribution < 1.29 is 5.11 Å². The van der Waals surface area contributed by atoms with Crippen molar-refractivity contribution in [1.29, 1.82) is 0 Å². The van der Waals surface area contributed by atoms with Gasteiger partial charge in [-0.2, -0.15) is 0 Å². The van der Waals surface area contributed by atoms with Gasteiger partial charge >= 0.3 is 0 Å². The van der Waals surface area contributed by atoms with Crippen molar-refractivity contribution in [2.75, 3.05) is 46.9 Å². The Morgan fingerprint density at radius 1 is 1.12 bits per heavy atom. The average Bonchev–Trinajstić information content (AvgIpc) is 2.26. The first-order valence-electron chi connectivity index (χ1n) is 6.68. The molecule has 0 aromatic rings. The Labute approximate surface area is 107 Å². The fourth-order valence-corrected chi connectivity index (χ4v) is 1.82. The summed E-state index contributed by atoms with van der Waals surface area (Å²) in [6.45, 7) is 8.64. The van der Waals surface area contributed by atoms with Crippen LogP contribution in [0.25, 0.3) is 0 Å². The fraction of sp³-hybridized carbons (Fsp3) is 1.00. The van der Waals surface area contributed by atoms with Gasteiger partial charge in [0.25, 0.3) is 0 Å². The lowest BCUT2D eigenvalue weighted by atomic mass is 9.98. The van der Waals surface area contributed by atoms with Crippen molar-refractivity contribution in [3.8, 4) is 0 Å². The molecule has 1 atom stereocenters. The first kappa shape index (κ1) is 16.8. The van der Waals surface area contributed by atoms with Crippen molar-refractivity contribution in [3.63, 3.8) is 0 Å². The minimum absolute atomic E-state index is 0.0692. The minimum atomic E-state index is -0.414. The number of rotatable bonds is 10. The lowest BCUT2D eigenvalue weighted by Gasteiger charge is -2.25. The van der Waals surface area contributed by atoms with Crippen LogP contribution in [0.15, 0.2) is 0 Å². The largest absolute Gasteiger partial charge is 0.394 e. The summed E-state index contributed by atoms with van der Waals surface area (Å²) in [6, 6.07) is 0. The molecule has 0 aromatic heterocycles. The molecule has 0 bridgehead atoms. The van der Waals surface area contributed by atoms with E-state index in [1.807, 2.05) is 6.92 Å². The van der Waals surface area contributed by atoms with Crippen molar-refractivity contribution in [3.05, 3.63) is 0 Å². The molecule has 0 spiro atoms. The van der Waals surface area contributed by atoms with Gasteiger partial charge in [0.15, 0.2) is 0 Å². The maximum Gasteiger partial charge on any atom is 0.0608 e. The summed E-state index contributed by atoms with van der Waals surface area (Å²) in [4.78, 5) is 4.67. The molecule has 0 saturated heterocycles. The zero-order valence-electron chi connectivity index (χ0n) is 12.1. The van der Waals surface area contributed by atoms with E-state index in [4.69, 9.17) is 10.8 Å². The first-order valence-corrected chi connectivity index (χ1v) is 6.68. The van der Waals surface area contributed by atoms with E-state index in [-0.39, 0.29) is 6.61 Å². The molecule has 0 heterocycles. The normalized spacial score (nSPS) is 15.5. The monoisotopic (exact) mass is 245 g/mol. The minimum Gasteiger partial charge on any atom is -0.394 e. The highest BCUT2D eigenvalue weighted by molar-refractivity contribution is 4.77. The van der Waals surface area contributed by atoms with E-state index in [2.05, 4.69) is 30.8 Å². The van der Waals surface area contributed by atoms with E-state index in [0.717, 1.165) is 39.0 Å². The van der Waals surface area contributed by atoms with Crippen LogP contribution in [-0.4, -0.2) is 67.3 Å². The summed E-state index contributed by atoms with van der Waals surface area (Å²) in [5.74, 6) is 0. The number of hydrogen-bond donors (Lipinski definition) is 2. The standard InChI is InChI=1S/C13H31N3O/c1-5-16(11-7-9-15(3)4)10-6-8-13(2,14)12-17/h17H,5-12,14H2,1-4H3. The molecule has 4 heteroatoms. The fourth-order valence-electron chi connectivity index (χ4n) is 1.82. The lowest BCUT2D eigenvalue weighted by molar-refractivity contribution is 0.187. The van der Waals surface area contributed by atoms with Gasteiger partial charge in [-0.1, -0.05) is 6.92 Å². The van der Waals surface area contributed by atoms with Gasteiger partial charge in [-0.25, -0.2) is 0 Å². The third-order valence-corrected chi connectivity index (χ3v) is 3.11. The Balaban J connectivity index is 3.68. The molecule has 0 saturated carbocycles. The Hall–Kier alpha value is -0.160. The predicted octanol–water partition coefficient (Wildman–Crippen LogP) is 0.750. The summed E-state index contributed by atoms with van der Waals surface area (Å²) < 4.78 is 0. The van der Waals surface area contributed by atoms with Crippen molar-refractivity contribution in [2.24, 2.45) is 5.73 Å². The molecular weight excluding hydrogens is 214 g/mol. The second kappa shape index (κ2) is 8.86. The Morgan fingerprint density at radius 2 is 1.71 bits per heavy atom. The number of hydrogen-bond acceptors (Lipinski definition) is 4. The van der Waals surface area contributed by atoms with Crippen LogP contribution in [0.1, 0.15) is 33.1 Å². The zero-order valence-corrected chi connectivity index (χ0v) is 12.1. The first-order chi connectivity index (χ1) is 7.91. The maximum atomic E-state index is 9.07. The quantitative estimate of drug-likeness (QED) is 0.596. The van der Waals surface area contributed by atoms with Crippen LogP contribution in [0.5, 0.6) is 0 Å². The zero-order chi connectivity index (χ0) is 13.3. The molecule has 0 radical (unpaired) electrons. The summed E-state index contributed by atoms with van der Waals surface area (Å²) in [5, 5.41) is 9.07. The van der Waals surface area contributed by atoms with Crippen LogP contribution in [-0.2, 0) is 0 Å². The predicted molar refractivity (Wildman–Crippen MR) is 74.2 cm³/mol. The molecular formula is C13H31N3O. The molecule has 0 aliphatic rings. The van der Waals surface area contributed by atoms with Crippen LogP contribution in [0.3, 0.4) is 0 Å². The van der Waals surface area contributed by atoms with Crippen molar-refractivity contribution in [2.45, 2.75) is 38.6 Å². The Kier molecular flexibility index (Phi) is 8.78. The summed E-state index contributed by atoms with van der Waals surface area (Å²) in [6.07, 6.45) is 3.15. The summed E-state index contributed by atoms with van der Waals surface area (Å²) in [5.41, 5.74) is 5.49. The Bertz CT molecular complexity index is 184. The molecule has 17 heavy (non-hydrogen) atoms. The van der Waals surface area contributed by atoms with E-state index in [0.29, 0.717) is 0 Å². The van der Waals surface area contributed by atoms with E-state index < -0.39 is 5.54 Å². The van der Waals surface area contributed by atoms with Crippen molar-refractivity contribution >= 4 is 0 Å². The SMILES string of the molecule is CCN(CCCN(C)C)CCCC(C)(N)CO. The van der Waals surface area contributed by atoms with E-state index in [1.165, 1.54) is 6.42 Å².